The first-order valence-electron chi connectivity index (χ1n) is 10.1. The molecule has 2 aromatic rings. The zero-order chi connectivity index (χ0) is 21.2. The normalized spacial score (nSPS) is 13.9. The summed E-state index contributed by atoms with van der Waals surface area (Å²) >= 11 is 0. The second-order valence-corrected chi connectivity index (χ2v) is 9.01. The van der Waals surface area contributed by atoms with Crippen LogP contribution in [0, 0.1) is 5.92 Å². The summed E-state index contributed by atoms with van der Waals surface area (Å²) in [6.45, 7) is 11.6. The van der Waals surface area contributed by atoms with Gasteiger partial charge in [-0.15, -0.1) is 0 Å². The lowest BCUT2D eigenvalue weighted by Gasteiger charge is -2.31. The fourth-order valence-corrected chi connectivity index (χ4v) is 3.23. The van der Waals surface area contributed by atoms with Crippen molar-refractivity contribution in [3.8, 4) is 5.75 Å². The van der Waals surface area contributed by atoms with Gasteiger partial charge in [-0.2, -0.15) is 0 Å². The molecular weight excluding hydrogens is 364 g/mol. The summed E-state index contributed by atoms with van der Waals surface area (Å²) in [5.74, 6) is 0.924. The summed E-state index contributed by atoms with van der Waals surface area (Å²) in [4.78, 5) is 26.8. The van der Waals surface area contributed by atoms with Crippen LogP contribution in [0.1, 0.15) is 56.1 Å². The van der Waals surface area contributed by atoms with Gasteiger partial charge in [0.05, 0.1) is 12.2 Å². The van der Waals surface area contributed by atoms with E-state index >= 15 is 0 Å². The van der Waals surface area contributed by atoms with Gasteiger partial charge in [-0.25, -0.2) is 0 Å². The van der Waals surface area contributed by atoms with Gasteiger partial charge in [-0.05, 0) is 46.7 Å². The molecule has 0 saturated heterocycles. The van der Waals surface area contributed by atoms with E-state index in [4.69, 9.17) is 4.74 Å². The molecule has 2 aromatic carbocycles. The number of carbonyl (C=O) groups excluding carboxylic acids is 2. The number of anilines is 1. The predicted molar refractivity (Wildman–Crippen MR) is 115 cm³/mol. The van der Waals surface area contributed by atoms with Gasteiger partial charge in [-0.3, -0.25) is 9.59 Å². The molecule has 1 heterocycles. The van der Waals surface area contributed by atoms with Crippen LogP contribution in [0.25, 0.3) is 0 Å². The van der Waals surface area contributed by atoms with E-state index in [1.54, 1.807) is 11.0 Å². The summed E-state index contributed by atoms with van der Waals surface area (Å²) < 4.78 is 5.63. The quantitative estimate of drug-likeness (QED) is 0.823. The molecule has 0 unspecified atom stereocenters. The van der Waals surface area contributed by atoms with Crippen LogP contribution < -0.4 is 15.0 Å². The molecule has 0 saturated carbocycles. The number of fused-ring (bicyclic) bond motifs is 1. The van der Waals surface area contributed by atoms with Crippen LogP contribution in [0.4, 0.5) is 5.69 Å². The third kappa shape index (κ3) is 4.97. The molecule has 2 amide bonds. The Morgan fingerprint density at radius 2 is 1.93 bits per heavy atom. The first-order chi connectivity index (χ1) is 13.6. The zero-order valence-corrected chi connectivity index (χ0v) is 17.9. The van der Waals surface area contributed by atoms with Crippen LogP contribution in [0.5, 0.6) is 5.75 Å². The maximum Gasteiger partial charge on any atom is 0.265 e. The molecule has 3 rings (SSSR count). The summed E-state index contributed by atoms with van der Waals surface area (Å²) in [6, 6.07) is 13.5. The molecule has 0 atom stereocenters. The Balaban J connectivity index is 1.86. The Morgan fingerprint density at radius 1 is 1.17 bits per heavy atom. The predicted octanol–water partition coefficient (Wildman–Crippen LogP) is 4.30. The van der Waals surface area contributed by atoms with Gasteiger partial charge in [0, 0.05) is 12.1 Å². The number of nitrogens with zero attached hydrogens (tertiary/aromatic N) is 1. The number of ether oxygens (including phenoxy) is 1. The topological polar surface area (TPSA) is 58.6 Å². The van der Waals surface area contributed by atoms with Gasteiger partial charge in [0.1, 0.15) is 5.75 Å². The number of nitrogens with one attached hydrogen (secondary N) is 1. The summed E-state index contributed by atoms with van der Waals surface area (Å²) in [6.07, 6.45) is 0. The molecule has 0 spiro atoms. The minimum atomic E-state index is -0.0933. The number of benzene rings is 2. The van der Waals surface area contributed by atoms with E-state index in [1.807, 2.05) is 36.4 Å². The standard InChI is InChI=1S/C24H30N2O3/c1-16(2)13-25-23(28)18-8-6-7-17(11-18)14-26-20-12-19(24(3,4)5)9-10-21(20)29-15-22(26)27/h6-12,16H,13-15H2,1-5H3,(H,25,28). The van der Waals surface area contributed by atoms with Crippen molar-refractivity contribution < 1.29 is 14.3 Å². The van der Waals surface area contributed by atoms with E-state index in [2.05, 4.69) is 39.9 Å². The highest BCUT2D eigenvalue weighted by Gasteiger charge is 2.27. The smallest absolute Gasteiger partial charge is 0.265 e. The Bertz CT molecular complexity index is 913. The van der Waals surface area contributed by atoms with E-state index in [-0.39, 0.29) is 23.8 Å². The van der Waals surface area contributed by atoms with Crippen molar-refractivity contribution in [3.05, 3.63) is 59.2 Å². The molecule has 1 aliphatic heterocycles. The maximum atomic E-state index is 12.6. The molecule has 5 nitrogen and oxygen atoms in total. The number of rotatable bonds is 5. The van der Waals surface area contributed by atoms with Crippen LogP contribution in [0.2, 0.25) is 0 Å². The van der Waals surface area contributed by atoms with Crippen molar-refractivity contribution in [2.45, 2.75) is 46.6 Å². The lowest BCUT2D eigenvalue weighted by Crippen LogP contribution is -2.38. The summed E-state index contributed by atoms with van der Waals surface area (Å²) in [5.41, 5.74) is 3.40. The largest absolute Gasteiger partial charge is 0.482 e. The molecule has 0 fully saturated rings. The lowest BCUT2D eigenvalue weighted by atomic mass is 9.86. The minimum Gasteiger partial charge on any atom is -0.482 e. The molecule has 0 aromatic heterocycles. The van der Waals surface area contributed by atoms with Gasteiger partial charge in [0.25, 0.3) is 11.8 Å². The fraction of sp³-hybridized carbons (Fsp3) is 0.417. The highest BCUT2D eigenvalue weighted by molar-refractivity contribution is 5.98. The minimum absolute atomic E-state index is 0.0242. The second-order valence-electron chi connectivity index (χ2n) is 9.01. The van der Waals surface area contributed by atoms with Crippen molar-refractivity contribution in [1.82, 2.24) is 5.32 Å². The summed E-state index contributed by atoms with van der Waals surface area (Å²) in [7, 11) is 0. The Labute approximate surface area is 173 Å². The second kappa shape index (κ2) is 8.27. The van der Waals surface area contributed by atoms with Crippen LogP contribution in [-0.2, 0) is 16.8 Å². The van der Waals surface area contributed by atoms with Crippen molar-refractivity contribution in [2.75, 3.05) is 18.1 Å². The van der Waals surface area contributed by atoms with Gasteiger partial charge >= 0.3 is 0 Å². The van der Waals surface area contributed by atoms with Crippen molar-refractivity contribution in [3.63, 3.8) is 0 Å². The monoisotopic (exact) mass is 394 g/mol. The van der Waals surface area contributed by atoms with Crippen LogP contribution in [0.3, 0.4) is 0 Å². The van der Waals surface area contributed by atoms with Crippen LogP contribution in [-0.4, -0.2) is 25.0 Å². The molecule has 0 radical (unpaired) electrons. The first-order valence-corrected chi connectivity index (χ1v) is 10.1. The molecular formula is C24H30N2O3. The van der Waals surface area contributed by atoms with Gasteiger partial charge in [0.15, 0.2) is 6.61 Å². The van der Waals surface area contributed by atoms with E-state index in [1.165, 1.54) is 0 Å². The highest BCUT2D eigenvalue weighted by atomic mass is 16.5. The van der Waals surface area contributed by atoms with Crippen LogP contribution in [0.15, 0.2) is 42.5 Å². The van der Waals surface area contributed by atoms with Crippen LogP contribution >= 0.6 is 0 Å². The SMILES string of the molecule is CC(C)CNC(=O)c1cccc(CN2C(=O)COc3ccc(C(C)(C)C)cc32)c1. The lowest BCUT2D eigenvalue weighted by molar-refractivity contribution is -0.121. The Hall–Kier alpha value is -2.82. The number of hydrogen-bond acceptors (Lipinski definition) is 3. The molecule has 154 valence electrons. The van der Waals surface area contributed by atoms with Gasteiger partial charge in [0.2, 0.25) is 0 Å². The number of amides is 2. The van der Waals surface area contributed by atoms with Crippen molar-refractivity contribution in [2.24, 2.45) is 5.92 Å². The maximum absolute atomic E-state index is 12.6. The fourth-order valence-electron chi connectivity index (χ4n) is 3.23. The summed E-state index contributed by atoms with van der Waals surface area (Å²) in [5, 5.41) is 2.94. The third-order valence-electron chi connectivity index (χ3n) is 4.97. The zero-order valence-electron chi connectivity index (χ0n) is 17.9. The first kappa shape index (κ1) is 20.9. The Kier molecular flexibility index (Phi) is 5.96. The van der Waals surface area contributed by atoms with E-state index in [0.717, 1.165) is 16.8 Å². The van der Waals surface area contributed by atoms with Gasteiger partial charge < -0.3 is 15.0 Å². The number of hydrogen-bond donors (Lipinski definition) is 1. The average Bonchev–Trinajstić information content (AvgIpc) is 2.67. The van der Waals surface area contributed by atoms with E-state index in [9.17, 15) is 9.59 Å². The molecule has 29 heavy (non-hydrogen) atoms. The Morgan fingerprint density at radius 3 is 2.62 bits per heavy atom. The van der Waals surface area contributed by atoms with Crippen molar-refractivity contribution in [1.29, 1.82) is 0 Å². The number of carbonyl (C=O) groups is 2. The molecule has 1 N–H and O–H groups in total. The molecule has 0 aliphatic carbocycles. The highest BCUT2D eigenvalue weighted by Crippen LogP contribution is 2.37. The van der Waals surface area contributed by atoms with E-state index in [0.29, 0.717) is 30.3 Å². The molecule has 1 aliphatic rings. The third-order valence-corrected chi connectivity index (χ3v) is 4.97. The molecule has 5 heteroatoms. The molecule has 0 bridgehead atoms. The van der Waals surface area contributed by atoms with Gasteiger partial charge in [-0.1, -0.05) is 52.8 Å². The van der Waals surface area contributed by atoms with Crippen molar-refractivity contribution >= 4 is 17.5 Å². The van der Waals surface area contributed by atoms with E-state index < -0.39 is 0 Å². The average molecular weight is 395 g/mol.